The number of unbranched alkanes of at least 4 members (excludes halogenated alkanes) is 2. The van der Waals surface area contributed by atoms with Crippen molar-refractivity contribution < 1.29 is 14.3 Å². The number of carbonyl (C=O) groups is 1. The highest BCUT2D eigenvalue weighted by Gasteiger charge is 2.05. The number of hydrogen-bond donors (Lipinski definition) is 1. The first-order chi connectivity index (χ1) is 7.72. The number of aryl methyl sites for hydroxylation is 2. The molecule has 0 atom stereocenters. The Morgan fingerprint density at radius 1 is 1.19 bits per heavy atom. The Morgan fingerprint density at radius 3 is 2.38 bits per heavy atom. The van der Waals surface area contributed by atoms with E-state index in [1.807, 2.05) is 0 Å². The molecule has 0 aliphatic rings. The van der Waals surface area contributed by atoms with Crippen LogP contribution in [-0.4, -0.2) is 21.3 Å². The van der Waals surface area contributed by atoms with Crippen LogP contribution < -0.4 is 0 Å². The third-order valence-electron chi connectivity index (χ3n) is 2.28. The van der Waals surface area contributed by atoms with Gasteiger partial charge in [-0.1, -0.05) is 13.3 Å². The van der Waals surface area contributed by atoms with E-state index in [2.05, 4.69) is 17.1 Å². The van der Waals surface area contributed by atoms with Crippen LogP contribution in [-0.2, 0) is 17.6 Å². The third kappa shape index (κ3) is 4.91. The molecule has 0 bridgehead atoms. The van der Waals surface area contributed by atoms with Crippen molar-refractivity contribution in [2.75, 3.05) is 0 Å². The molecule has 0 unspecified atom stereocenters. The Hall–Kier alpha value is -1.39. The first-order valence-electron chi connectivity index (χ1n) is 5.75. The van der Waals surface area contributed by atoms with Crippen LogP contribution in [0.2, 0.25) is 0 Å². The number of carboxylic acid groups (broad SMARTS) is 1. The Morgan fingerprint density at radius 2 is 1.81 bits per heavy atom. The van der Waals surface area contributed by atoms with Crippen molar-refractivity contribution in [3.05, 3.63) is 11.8 Å². The SMILES string of the molecule is CCCCc1nnc(CCCCC(=O)O)o1. The summed E-state index contributed by atoms with van der Waals surface area (Å²) in [6.07, 6.45) is 5.31. The zero-order valence-corrected chi connectivity index (χ0v) is 9.61. The van der Waals surface area contributed by atoms with Gasteiger partial charge in [-0.3, -0.25) is 4.79 Å². The number of carboxylic acids is 1. The van der Waals surface area contributed by atoms with Gasteiger partial charge in [-0.05, 0) is 19.3 Å². The van der Waals surface area contributed by atoms with Crippen molar-refractivity contribution in [1.29, 1.82) is 0 Å². The molecular weight excluding hydrogens is 208 g/mol. The second kappa shape index (κ2) is 6.98. The molecule has 1 heterocycles. The molecule has 5 heteroatoms. The molecule has 0 saturated carbocycles. The van der Waals surface area contributed by atoms with Crippen LogP contribution >= 0.6 is 0 Å². The summed E-state index contributed by atoms with van der Waals surface area (Å²) in [5, 5.41) is 16.3. The summed E-state index contributed by atoms with van der Waals surface area (Å²) in [5.41, 5.74) is 0. The van der Waals surface area contributed by atoms with Gasteiger partial charge in [0.1, 0.15) is 0 Å². The smallest absolute Gasteiger partial charge is 0.303 e. The molecule has 1 aromatic heterocycles. The Labute approximate surface area is 94.9 Å². The van der Waals surface area contributed by atoms with Crippen LogP contribution in [0.4, 0.5) is 0 Å². The van der Waals surface area contributed by atoms with E-state index in [0.717, 1.165) is 25.7 Å². The first-order valence-corrected chi connectivity index (χ1v) is 5.75. The van der Waals surface area contributed by atoms with Gasteiger partial charge >= 0.3 is 5.97 Å². The van der Waals surface area contributed by atoms with Gasteiger partial charge in [0.2, 0.25) is 11.8 Å². The van der Waals surface area contributed by atoms with E-state index < -0.39 is 5.97 Å². The average molecular weight is 226 g/mol. The van der Waals surface area contributed by atoms with E-state index in [1.54, 1.807) is 0 Å². The summed E-state index contributed by atoms with van der Waals surface area (Å²) >= 11 is 0. The average Bonchev–Trinajstić information content (AvgIpc) is 2.69. The second-order valence-electron chi connectivity index (χ2n) is 3.79. The molecule has 1 aromatic rings. The zero-order chi connectivity index (χ0) is 11.8. The van der Waals surface area contributed by atoms with E-state index in [1.165, 1.54) is 0 Å². The number of aliphatic carboxylic acids is 1. The van der Waals surface area contributed by atoms with Gasteiger partial charge in [0.05, 0.1) is 0 Å². The molecule has 0 radical (unpaired) electrons. The quantitative estimate of drug-likeness (QED) is 0.688. The maximum atomic E-state index is 10.3. The standard InChI is InChI=1S/C11H18N2O3/c1-2-3-6-9-12-13-10(16-9)7-4-5-8-11(14)15/h2-8H2,1H3,(H,14,15). The number of aromatic nitrogens is 2. The minimum atomic E-state index is -0.755. The van der Waals surface area contributed by atoms with E-state index in [-0.39, 0.29) is 6.42 Å². The van der Waals surface area contributed by atoms with Crippen LogP contribution in [0.1, 0.15) is 50.8 Å². The monoisotopic (exact) mass is 226 g/mol. The highest BCUT2D eigenvalue weighted by molar-refractivity contribution is 5.66. The van der Waals surface area contributed by atoms with Crippen molar-refractivity contribution in [2.24, 2.45) is 0 Å². The fraction of sp³-hybridized carbons (Fsp3) is 0.727. The number of nitrogens with zero attached hydrogens (tertiary/aromatic N) is 2. The van der Waals surface area contributed by atoms with E-state index in [0.29, 0.717) is 24.6 Å². The lowest BCUT2D eigenvalue weighted by molar-refractivity contribution is -0.137. The Bertz CT molecular complexity index is 323. The third-order valence-corrected chi connectivity index (χ3v) is 2.28. The molecule has 0 spiro atoms. The normalized spacial score (nSPS) is 10.6. The summed E-state index contributed by atoms with van der Waals surface area (Å²) in [7, 11) is 0. The molecule has 0 fully saturated rings. The fourth-order valence-electron chi connectivity index (χ4n) is 1.37. The fourth-order valence-corrected chi connectivity index (χ4v) is 1.37. The molecule has 0 aliphatic carbocycles. The van der Waals surface area contributed by atoms with Crippen LogP contribution in [0, 0.1) is 0 Å². The van der Waals surface area contributed by atoms with Gasteiger partial charge in [0.15, 0.2) is 0 Å². The first kappa shape index (κ1) is 12.7. The van der Waals surface area contributed by atoms with Crippen molar-refractivity contribution in [3.63, 3.8) is 0 Å². The predicted octanol–water partition coefficient (Wildman–Crippen LogP) is 2.21. The summed E-state index contributed by atoms with van der Waals surface area (Å²) < 4.78 is 5.42. The minimum Gasteiger partial charge on any atom is -0.481 e. The van der Waals surface area contributed by atoms with Gasteiger partial charge in [-0.25, -0.2) is 0 Å². The van der Waals surface area contributed by atoms with Gasteiger partial charge in [0.25, 0.3) is 0 Å². The van der Waals surface area contributed by atoms with E-state index in [4.69, 9.17) is 9.52 Å². The van der Waals surface area contributed by atoms with Crippen LogP contribution in [0.25, 0.3) is 0 Å². The number of hydrogen-bond acceptors (Lipinski definition) is 4. The maximum absolute atomic E-state index is 10.3. The minimum absolute atomic E-state index is 0.205. The van der Waals surface area contributed by atoms with Crippen LogP contribution in [0.5, 0.6) is 0 Å². The number of rotatable bonds is 8. The lowest BCUT2D eigenvalue weighted by Gasteiger charge is -1.94. The van der Waals surface area contributed by atoms with Gasteiger partial charge in [0, 0.05) is 19.3 Å². The molecule has 1 rings (SSSR count). The molecular formula is C11H18N2O3. The molecule has 0 amide bonds. The highest BCUT2D eigenvalue weighted by Crippen LogP contribution is 2.08. The van der Waals surface area contributed by atoms with Gasteiger partial charge in [-0.15, -0.1) is 10.2 Å². The Kier molecular flexibility index (Phi) is 5.53. The maximum Gasteiger partial charge on any atom is 0.303 e. The lowest BCUT2D eigenvalue weighted by atomic mass is 10.2. The molecule has 16 heavy (non-hydrogen) atoms. The lowest BCUT2D eigenvalue weighted by Crippen LogP contribution is -1.95. The van der Waals surface area contributed by atoms with Crippen molar-refractivity contribution >= 4 is 5.97 Å². The molecule has 0 saturated heterocycles. The zero-order valence-electron chi connectivity index (χ0n) is 9.61. The molecule has 0 aliphatic heterocycles. The van der Waals surface area contributed by atoms with E-state index in [9.17, 15) is 4.79 Å². The predicted molar refractivity (Wildman–Crippen MR) is 58.1 cm³/mol. The van der Waals surface area contributed by atoms with Gasteiger partial charge < -0.3 is 9.52 Å². The van der Waals surface area contributed by atoms with Crippen molar-refractivity contribution in [1.82, 2.24) is 10.2 Å². The summed E-state index contributed by atoms with van der Waals surface area (Å²) in [5.74, 6) is 0.556. The summed E-state index contributed by atoms with van der Waals surface area (Å²) in [6.45, 7) is 2.11. The van der Waals surface area contributed by atoms with Gasteiger partial charge in [-0.2, -0.15) is 0 Å². The van der Waals surface area contributed by atoms with Crippen LogP contribution in [0.3, 0.4) is 0 Å². The molecule has 1 N–H and O–H groups in total. The second-order valence-corrected chi connectivity index (χ2v) is 3.79. The molecule has 90 valence electrons. The summed E-state index contributed by atoms with van der Waals surface area (Å²) in [4.78, 5) is 10.3. The van der Waals surface area contributed by atoms with E-state index >= 15 is 0 Å². The summed E-state index contributed by atoms with van der Waals surface area (Å²) in [6, 6.07) is 0. The van der Waals surface area contributed by atoms with Crippen molar-refractivity contribution in [3.8, 4) is 0 Å². The topological polar surface area (TPSA) is 76.2 Å². The highest BCUT2D eigenvalue weighted by atomic mass is 16.4. The van der Waals surface area contributed by atoms with Crippen LogP contribution in [0.15, 0.2) is 4.42 Å². The Balaban J connectivity index is 2.21. The molecule has 5 nitrogen and oxygen atoms in total. The largest absolute Gasteiger partial charge is 0.481 e. The van der Waals surface area contributed by atoms with Crippen molar-refractivity contribution in [2.45, 2.75) is 51.9 Å². The molecule has 0 aromatic carbocycles.